The van der Waals surface area contributed by atoms with Crippen LogP contribution in [0.3, 0.4) is 0 Å². The average molecular weight is 278 g/mol. The van der Waals surface area contributed by atoms with Crippen LogP contribution in [0.5, 0.6) is 0 Å². The zero-order chi connectivity index (χ0) is 13.5. The first-order valence-electron chi connectivity index (χ1n) is 6.47. The van der Waals surface area contributed by atoms with Crippen molar-refractivity contribution in [2.24, 2.45) is 0 Å². The zero-order valence-electron chi connectivity index (χ0n) is 11.2. The molecule has 1 atom stereocenters. The molecule has 2 aromatic heterocycles. The quantitative estimate of drug-likeness (QED) is 0.902. The van der Waals surface area contributed by atoms with Crippen LogP contribution in [-0.4, -0.2) is 28.7 Å². The van der Waals surface area contributed by atoms with Crippen molar-refractivity contribution in [3.63, 3.8) is 0 Å². The van der Waals surface area contributed by atoms with Crippen LogP contribution >= 0.6 is 11.3 Å². The van der Waals surface area contributed by atoms with Crippen molar-refractivity contribution >= 4 is 33.3 Å². The molecule has 0 bridgehead atoms. The van der Waals surface area contributed by atoms with Crippen LogP contribution in [0.1, 0.15) is 24.6 Å². The van der Waals surface area contributed by atoms with E-state index in [4.69, 9.17) is 10.5 Å². The van der Waals surface area contributed by atoms with Gasteiger partial charge in [0.2, 0.25) is 5.95 Å². The fourth-order valence-corrected chi connectivity index (χ4v) is 3.33. The number of nitrogen functional groups attached to an aromatic ring is 1. The smallest absolute Gasteiger partial charge is 0.223 e. The number of ether oxygens (including phenoxy) is 1. The summed E-state index contributed by atoms with van der Waals surface area (Å²) < 4.78 is 5.78. The number of nitrogens with zero attached hydrogens (tertiary/aromatic N) is 2. The summed E-state index contributed by atoms with van der Waals surface area (Å²) in [7, 11) is 0. The number of hydrogen-bond acceptors (Lipinski definition) is 6. The second-order valence-electron chi connectivity index (χ2n) is 5.26. The lowest BCUT2D eigenvalue weighted by Gasteiger charge is -2.23. The van der Waals surface area contributed by atoms with Gasteiger partial charge in [-0.2, -0.15) is 4.98 Å². The van der Waals surface area contributed by atoms with Gasteiger partial charge in [-0.05, 0) is 32.8 Å². The molecule has 0 aromatic carbocycles. The number of fused-ring (bicyclic) bond motifs is 1. The molecule has 1 fully saturated rings. The van der Waals surface area contributed by atoms with Gasteiger partial charge in [0.25, 0.3) is 0 Å². The Morgan fingerprint density at radius 2 is 2.37 bits per heavy atom. The van der Waals surface area contributed by atoms with E-state index in [9.17, 15) is 0 Å². The van der Waals surface area contributed by atoms with E-state index in [1.807, 2.05) is 0 Å². The SMILES string of the molecule is Cc1cc2c(NCC3(C)CCCO3)nc(N)nc2s1. The average Bonchev–Trinajstić information content (AvgIpc) is 2.92. The minimum atomic E-state index is -0.100. The zero-order valence-corrected chi connectivity index (χ0v) is 12.0. The Labute approximate surface area is 116 Å². The monoisotopic (exact) mass is 278 g/mol. The predicted molar refractivity (Wildman–Crippen MR) is 78.6 cm³/mol. The van der Waals surface area contributed by atoms with Gasteiger partial charge in [-0.3, -0.25) is 0 Å². The molecule has 2 aromatic rings. The van der Waals surface area contributed by atoms with Crippen molar-refractivity contribution < 1.29 is 4.74 Å². The van der Waals surface area contributed by atoms with Crippen molar-refractivity contribution in [2.75, 3.05) is 24.2 Å². The van der Waals surface area contributed by atoms with Crippen LogP contribution < -0.4 is 11.1 Å². The molecule has 0 radical (unpaired) electrons. The Morgan fingerprint density at radius 3 is 3.11 bits per heavy atom. The molecular formula is C13H18N4OS. The molecular weight excluding hydrogens is 260 g/mol. The summed E-state index contributed by atoms with van der Waals surface area (Å²) in [6.45, 7) is 5.78. The van der Waals surface area contributed by atoms with Gasteiger partial charge in [0.05, 0.1) is 11.0 Å². The van der Waals surface area contributed by atoms with Gasteiger partial charge in [-0.15, -0.1) is 11.3 Å². The fraction of sp³-hybridized carbons (Fsp3) is 0.538. The second-order valence-corrected chi connectivity index (χ2v) is 6.50. The molecule has 0 saturated carbocycles. The summed E-state index contributed by atoms with van der Waals surface area (Å²) in [5.74, 6) is 1.12. The Balaban J connectivity index is 1.87. The van der Waals surface area contributed by atoms with E-state index in [0.29, 0.717) is 5.95 Å². The third-order valence-corrected chi connectivity index (χ3v) is 4.41. The van der Waals surface area contributed by atoms with Gasteiger partial charge < -0.3 is 15.8 Å². The van der Waals surface area contributed by atoms with Gasteiger partial charge in [-0.1, -0.05) is 0 Å². The summed E-state index contributed by atoms with van der Waals surface area (Å²) in [5.41, 5.74) is 5.66. The maximum absolute atomic E-state index is 5.78. The van der Waals surface area contributed by atoms with Crippen molar-refractivity contribution in [1.82, 2.24) is 9.97 Å². The number of aryl methyl sites for hydroxylation is 1. The minimum absolute atomic E-state index is 0.100. The third kappa shape index (κ3) is 2.50. The van der Waals surface area contributed by atoms with E-state index in [-0.39, 0.29) is 5.60 Å². The number of nitrogens with one attached hydrogen (secondary N) is 1. The van der Waals surface area contributed by atoms with Crippen LogP contribution in [-0.2, 0) is 4.74 Å². The lowest BCUT2D eigenvalue weighted by Crippen LogP contribution is -2.32. The molecule has 1 aliphatic heterocycles. The molecule has 3 heterocycles. The largest absolute Gasteiger partial charge is 0.373 e. The van der Waals surface area contributed by atoms with E-state index in [1.165, 1.54) is 4.88 Å². The molecule has 6 heteroatoms. The highest BCUT2D eigenvalue weighted by Gasteiger charge is 2.29. The normalized spacial score (nSPS) is 23.1. The lowest BCUT2D eigenvalue weighted by atomic mass is 10.0. The third-order valence-electron chi connectivity index (χ3n) is 3.46. The first kappa shape index (κ1) is 12.6. The Hall–Kier alpha value is -1.40. The minimum Gasteiger partial charge on any atom is -0.373 e. The number of thiophene rings is 1. The van der Waals surface area contributed by atoms with Gasteiger partial charge in [0.15, 0.2) is 0 Å². The molecule has 1 unspecified atom stereocenters. The van der Waals surface area contributed by atoms with Crippen LogP contribution in [0.4, 0.5) is 11.8 Å². The molecule has 0 spiro atoms. The molecule has 19 heavy (non-hydrogen) atoms. The summed E-state index contributed by atoms with van der Waals surface area (Å²) in [6, 6.07) is 2.10. The molecule has 0 aliphatic carbocycles. The number of anilines is 2. The number of nitrogens with two attached hydrogens (primary N) is 1. The molecule has 102 valence electrons. The number of rotatable bonds is 3. The van der Waals surface area contributed by atoms with Gasteiger partial charge in [0.1, 0.15) is 10.6 Å². The molecule has 5 nitrogen and oxygen atoms in total. The van der Waals surface area contributed by atoms with Gasteiger partial charge >= 0.3 is 0 Å². The van der Waals surface area contributed by atoms with Gasteiger partial charge in [-0.25, -0.2) is 4.98 Å². The fourth-order valence-electron chi connectivity index (χ4n) is 2.44. The van der Waals surface area contributed by atoms with E-state index in [1.54, 1.807) is 11.3 Å². The van der Waals surface area contributed by atoms with Crippen LogP contribution in [0.2, 0.25) is 0 Å². The maximum atomic E-state index is 5.78. The first-order valence-corrected chi connectivity index (χ1v) is 7.29. The molecule has 0 amide bonds. The number of aromatic nitrogens is 2. The predicted octanol–water partition coefficient (Wildman–Crippen LogP) is 2.56. The molecule has 1 saturated heterocycles. The highest BCUT2D eigenvalue weighted by Crippen LogP contribution is 2.30. The summed E-state index contributed by atoms with van der Waals surface area (Å²) in [6.07, 6.45) is 2.20. The molecule has 3 rings (SSSR count). The topological polar surface area (TPSA) is 73.1 Å². The van der Waals surface area contributed by atoms with Crippen molar-refractivity contribution in [1.29, 1.82) is 0 Å². The Bertz CT molecular complexity index is 604. The van der Waals surface area contributed by atoms with E-state index in [0.717, 1.165) is 42.0 Å². The second kappa shape index (κ2) is 4.61. The Morgan fingerprint density at radius 1 is 1.53 bits per heavy atom. The van der Waals surface area contributed by atoms with Crippen LogP contribution in [0.15, 0.2) is 6.07 Å². The van der Waals surface area contributed by atoms with Crippen LogP contribution in [0, 0.1) is 6.92 Å². The van der Waals surface area contributed by atoms with Gasteiger partial charge in [0, 0.05) is 18.0 Å². The first-order chi connectivity index (χ1) is 9.06. The van der Waals surface area contributed by atoms with E-state index in [2.05, 4.69) is 35.2 Å². The van der Waals surface area contributed by atoms with E-state index < -0.39 is 0 Å². The van der Waals surface area contributed by atoms with E-state index >= 15 is 0 Å². The highest BCUT2D eigenvalue weighted by molar-refractivity contribution is 7.18. The molecule has 1 aliphatic rings. The summed E-state index contributed by atoms with van der Waals surface area (Å²) in [4.78, 5) is 10.7. The maximum Gasteiger partial charge on any atom is 0.223 e. The summed E-state index contributed by atoms with van der Waals surface area (Å²) >= 11 is 1.64. The standard InChI is InChI=1S/C13H18N4OS/c1-8-6-9-10(16-12(14)17-11(9)19-8)15-7-13(2)4-3-5-18-13/h6H,3-5,7H2,1-2H3,(H3,14,15,16,17). The summed E-state index contributed by atoms with van der Waals surface area (Å²) in [5, 5.41) is 4.41. The Kier molecular flexibility index (Phi) is 3.06. The lowest BCUT2D eigenvalue weighted by molar-refractivity contribution is 0.0315. The van der Waals surface area contributed by atoms with Crippen molar-refractivity contribution in [3.05, 3.63) is 10.9 Å². The highest BCUT2D eigenvalue weighted by atomic mass is 32.1. The van der Waals surface area contributed by atoms with Crippen LogP contribution in [0.25, 0.3) is 10.2 Å². The van der Waals surface area contributed by atoms with Crippen molar-refractivity contribution in [3.8, 4) is 0 Å². The molecule has 3 N–H and O–H groups in total. The van der Waals surface area contributed by atoms with Crippen molar-refractivity contribution in [2.45, 2.75) is 32.3 Å². The number of hydrogen-bond donors (Lipinski definition) is 2.